The zero-order valence-electron chi connectivity index (χ0n) is 21.6. The first-order chi connectivity index (χ1) is 18.0. The molecular weight excluding hydrogens is 486 g/mol. The van der Waals surface area contributed by atoms with Gasteiger partial charge in [0.2, 0.25) is 11.9 Å². The molecule has 0 radical (unpaired) electrons. The molecule has 37 heavy (non-hydrogen) atoms. The highest BCUT2D eigenvalue weighted by Crippen LogP contribution is 2.39. The fourth-order valence-corrected chi connectivity index (χ4v) is 5.87. The van der Waals surface area contributed by atoms with E-state index < -0.39 is 0 Å². The second-order valence-electron chi connectivity index (χ2n) is 10.5. The van der Waals surface area contributed by atoms with E-state index in [1.165, 1.54) is 0 Å². The number of aromatic nitrogens is 3. The molecule has 1 aromatic carbocycles. The van der Waals surface area contributed by atoms with Crippen LogP contribution in [0.3, 0.4) is 0 Å². The van der Waals surface area contributed by atoms with Gasteiger partial charge in [-0.15, -0.1) is 0 Å². The Morgan fingerprint density at radius 1 is 1.00 bits per heavy atom. The Bertz CT molecular complexity index is 1270. The first-order valence-electron chi connectivity index (χ1n) is 13.3. The first-order valence-corrected chi connectivity index (χ1v) is 13.7. The SMILES string of the molecule is Cc1ccc(N2CCC(C(=O)N3CCc4nc(N5CCN(C)CC5)[nH]c4-c4cc(Cl)ccc43)CC2)nc1. The molecule has 0 unspecified atom stereocenters. The fraction of sp³-hybridized carbons (Fsp3) is 0.464. The monoisotopic (exact) mass is 519 g/mol. The number of hydrogen-bond donors (Lipinski definition) is 1. The number of rotatable bonds is 3. The number of aromatic amines is 1. The van der Waals surface area contributed by atoms with Crippen LogP contribution in [0.1, 0.15) is 24.1 Å². The zero-order chi connectivity index (χ0) is 25.5. The fourth-order valence-electron chi connectivity index (χ4n) is 5.70. The second-order valence-corrected chi connectivity index (χ2v) is 11.0. The van der Waals surface area contributed by atoms with Crippen molar-refractivity contribution in [3.05, 3.63) is 52.8 Å². The standard InChI is InChI=1S/C28H34ClN7O/c1-19-3-6-25(30-18-19)34-10-7-20(8-11-34)27(37)36-12-9-23-26(22-17-21(29)4-5-24(22)36)32-28(31-23)35-15-13-33(2)14-16-35/h3-6,17-18,20H,7-16H2,1-2H3,(H,31,32). The Labute approximate surface area is 223 Å². The Morgan fingerprint density at radius 3 is 2.51 bits per heavy atom. The number of pyridine rings is 1. The van der Waals surface area contributed by atoms with Crippen LogP contribution in [0, 0.1) is 12.8 Å². The van der Waals surface area contributed by atoms with E-state index in [1.54, 1.807) is 0 Å². The molecule has 2 fully saturated rings. The summed E-state index contributed by atoms with van der Waals surface area (Å²) in [7, 11) is 2.15. The highest BCUT2D eigenvalue weighted by atomic mass is 35.5. The van der Waals surface area contributed by atoms with Gasteiger partial charge in [0.1, 0.15) is 5.82 Å². The summed E-state index contributed by atoms with van der Waals surface area (Å²) in [5.41, 5.74) is 5.03. The summed E-state index contributed by atoms with van der Waals surface area (Å²) >= 11 is 6.46. The average Bonchev–Trinajstić information content (AvgIpc) is 3.28. The first kappa shape index (κ1) is 24.2. The molecule has 194 valence electrons. The molecule has 0 bridgehead atoms. The van der Waals surface area contributed by atoms with Crippen LogP contribution in [0.25, 0.3) is 11.3 Å². The van der Waals surface area contributed by atoms with Gasteiger partial charge >= 0.3 is 0 Å². The third-order valence-corrected chi connectivity index (χ3v) is 8.23. The Balaban J connectivity index is 1.22. The number of nitrogens with zero attached hydrogens (tertiary/aromatic N) is 6. The lowest BCUT2D eigenvalue weighted by molar-refractivity contribution is -0.123. The molecule has 3 aromatic rings. The number of nitrogens with one attached hydrogen (secondary N) is 1. The molecule has 2 saturated heterocycles. The van der Waals surface area contributed by atoms with Crippen LogP contribution >= 0.6 is 11.6 Å². The number of likely N-dealkylation sites (N-methyl/N-ethyl adjacent to an activating group) is 1. The summed E-state index contributed by atoms with van der Waals surface area (Å²) in [4.78, 5) is 36.0. The van der Waals surface area contributed by atoms with Gasteiger partial charge in [-0.1, -0.05) is 17.7 Å². The number of H-pyrrole nitrogens is 1. The van der Waals surface area contributed by atoms with Gasteiger partial charge in [-0.05, 0) is 56.6 Å². The summed E-state index contributed by atoms with van der Waals surface area (Å²) in [6.45, 7) is 8.29. The van der Waals surface area contributed by atoms with E-state index in [0.717, 1.165) is 92.1 Å². The average molecular weight is 520 g/mol. The van der Waals surface area contributed by atoms with Crippen LogP contribution in [-0.4, -0.2) is 78.6 Å². The lowest BCUT2D eigenvalue weighted by Crippen LogP contribution is -2.45. The molecule has 0 spiro atoms. The van der Waals surface area contributed by atoms with E-state index in [4.69, 9.17) is 16.6 Å². The summed E-state index contributed by atoms with van der Waals surface area (Å²) < 4.78 is 0. The van der Waals surface area contributed by atoms with Gasteiger partial charge in [0, 0.05) is 74.9 Å². The van der Waals surface area contributed by atoms with Crippen LogP contribution in [0.2, 0.25) is 5.02 Å². The molecule has 3 aliphatic heterocycles. The number of aryl methyl sites for hydroxylation is 1. The lowest BCUT2D eigenvalue weighted by atomic mass is 9.94. The number of amides is 1. The summed E-state index contributed by atoms with van der Waals surface area (Å²) in [5.74, 6) is 2.10. The summed E-state index contributed by atoms with van der Waals surface area (Å²) in [5, 5.41) is 0.661. The van der Waals surface area contributed by atoms with Gasteiger partial charge in [0.15, 0.2) is 0 Å². The van der Waals surface area contributed by atoms with Crippen LogP contribution in [0.15, 0.2) is 36.5 Å². The number of piperazine rings is 1. The maximum absolute atomic E-state index is 13.9. The molecule has 1 N–H and O–H groups in total. The van der Waals surface area contributed by atoms with Crippen molar-refractivity contribution in [1.82, 2.24) is 19.9 Å². The molecule has 3 aliphatic rings. The number of imidazole rings is 1. The number of piperidine rings is 1. The number of anilines is 3. The Kier molecular flexibility index (Phi) is 6.55. The normalized spacial score (nSPS) is 18.9. The van der Waals surface area contributed by atoms with Gasteiger partial charge in [-0.3, -0.25) is 4.79 Å². The van der Waals surface area contributed by atoms with E-state index in [0.29, 0.717) is 18.0 Å². The van der Waals surface area contributed by atoms with Crippen molar-refractivity contribution in [2.45, 2.75) is 26.2 Å². The van der Waals surface area contributed by atoms with Gasteiger partial charge in [-0.25, -0.2) is 9.97 Å². The van der Waals surface area contributed by atoms with Gasteiger partial charge < -0.3 is 24.6 Å². The van der Waals surface area contributed by atoms with E-state index >= 15 is 0 Å². The van der Waals surface area contributed by atoms with E-state index in [2.05, 4.69) is 43.8 Å². The molecule has 5 heterocycles. The minimum Gasteiger partial charge on any atom is -0.357 e. The van der Waals surface area contributed by atoms with E-state index in [-0.39, 0.29) is 11.8 Å². The lowest BCUT2D eigenvalue weighted by Gasteiger charge is -2.35. The quantitative estimate of drug-likeness (QED) is 0.564. The van der Waals surface area contributed by atoms with Crippen molar-refractivity contribution in [3.8, 4) is 11.3 Å². The predicted molar refractivity (Wildman–Crippen MR) is 149 cm³/mol. The molecule has 0 aliphatic carbocycles. The molecule has 2 aromatic heterocycles. The van der Waals surface area contributed by atoms with Gasteiger partial charge in [0.25, 0.3) is 0 Å². The minimum absolute atomic E-state index is 0.00414. The van der Waals surface area contributed by atoms with Crippen molar-refractivity contribution in [3.63, 3.8) is 0 Å². The van der Waals surface area contributed by atoms with Crippen LogP contribution < -0.4 is 14.7 Å². The zero-order valence-corrected chi connectivity index (χ0v) is 22.3. The number of hydrogen-bond acceptors (Lipinski definition) is 6. The number of carbonyl (C=O) groups is 1. The Morgan fingerprint density at radius 2 is 1.78 bits per heavy atom. The topological polar surface area (TPSA) is 71.6 Å². The van der Waals surface area contributed by atoms with E-state index in [9.17, 15) is 4.79 Å². The minimum atomic E-state index is -0.00414. The van der Waals surface area contributed by atoms with Crippen molar-refractivity contribution in [1.29, 1.82) is 0 Å². The molecule has 1 amide bonds. The van der Waals surface area contributed by atoms with Crippen LogP contribution in [0.5, 0.6) is 0 Å². The third kappa shape index (κ3) is 4.80. The predicted octanol–water partition coefficient (Wildman–Crippen LogP) is 3.99. The highest BCUT2D eigenvalue weighted by Gasteiger charge is 2.33. The Hall–Kier alpha value is -3.10. The van der Waals surface area contributed by atoms with Crippen LogP contribution in [0.4, 0.5) is 17.5 Å². The molecule has 9 heteroatoms. The number of carbonyl (C=O) groups excluding carboxylic acids is 1. The smallest absolute Gasteiger partial charge is 0.230 e. The van der Waals surface area contributed by atoms with Crippen LogP contribution in [-0.2, 0) is 11.2 Å². The third-order valence-electron chi connectivity index (χ3n) is 7.99. The molecule has 0 saturated carbocycles. The van der Waals surface area contributed by atoms with Crippen molar-refractivity contribution in [2.75, 3.05) is 67.6 Å². The molecule has 6 rings (SSSR count). The van der Waals surface area contributed by atoms with E-state index in [1.807, 2.05) is 36.2 Å². The molecule has 0 atom stereocenters. The summed E-state index contributed by atoms with van der Waals surface area (Å²) in [6.07, 6.45) is 4.27. The van der Waals surface area contributed by atoms with Crippen molar-refractivity contribution >= 4 is 35.0 Å². The van der Waals surface area contributed by atoms with Crippen molar-refractivity contribution in [2.24, 2.45) is 5.92 Å². The highest BCUT2D eigenvalue weighted by molar-refractivity contribution is 6.31. The summed E-state index contributed by atoms with van der Waals surface area (Å²) in [6, 6.07) is 10.0. The largest absolute Gasteiger partial charge is 0.357 e. The maximum Gasteiger partial charge on any atom is 0.230 e. The molecule has 8 nitrogen and oxygen atoms in total. The van der Waals surface area contributed by atoms with Crippen molar-refractivity contribution < 1.29 is 4.79 Å². The number of benzene rings is 1. The molecular formula is C28H34ClN7O. The maximum atomic E-state index is 13.9. The van der Waals surface area contributed by atoms with Gasteiger partial charge in [-0.2, -0.15) is 0 Å². The van der Waals surface area contributed by atoms with Gasteiger partial charge in [0.05, 0.1) is 17.1 Å². The number of halogens is 1. The second kappa shape index (κ2) is 9.99. The number of fused-ring (bicyclic) bond motifs is 3.